The van der Waals surface area contributed by atoms with E-state index in [9.17, 15) is 48.1 Å². The maximum Gasteiger partial charge on any atom is 0.416 e. The number of benzene rings is 3. The van der Waals surface area contributed by atoms with Gasteiger partial charge < -0.3 is 5.11 Å². The molecule has 13 heteroatoms. The Bertz CT molecular complexity index is 1470. The van der Waals surface area contributed by atoms with Crippen LogP contribution in [0.25, 0.3) is 5.76 Å². The zero-order chi connectivity index (χ0) is 27.1. The maximum absolute atomic E-state index is 13.4. The van der Waals surface area contributed by atoms with Gasteiger partial charge in [-0.3, -0.25) is 34.7 Å². The van der Waals surface area contributed by atoms with E-state index < -0.39 is 50.7 Å². The number of ketones is 1. The number of amides is 1. The molecule has 188 valence electrons. The molecule has 1 fully saturated rings. The molecule has 1 saturated heterocycles. The number of aliphatic hydroxyl groups excluding tert-OH is 1. The Labute approximate surface area is 205 Å². The Morgan fingerprint density at radius 1 is 0.865 bits per heavy atom. The van der Waals surface area contributed by atoms with Gasteiger partial charge in [0.25, 0.3) is 23.1 Å². The summed E-state index contributed by atoms with van der Waals surface area (Å²) in [5.41, 5.74) is -2.52. The van der Waals surface area contributed by atoms with E-state index in [1.165, 1.54) is 18.2 Å². The van der Waals surface area contributed by atoms with Crippen LogP contribution in [0.2, 0.25) is 0 Å². The molecule has 0 unspecified atom stereocenters. The molecule has 1 atom stereocenters. The van der Waals surface area contributed by atoms with Gasteiger partial charge in [-0.1, -0.05) is 6.07 Å². The average Bonchev–Trinajstić information content (AvgIpc) is 3.13. The number of carbonyl (C=O) groups is 2. The molecule has 1 amide bonds. The van der Waals surface area contributed by atoms with Crippen molar-refractivity contribution in [2.75, 3.05) is 4.90 Å². The van der Waals surface area contributed by atoms with Crippen molar-refractivity contribution in [2.45, 2.75) is 12.2 Å². The Kier molecular flexibility index (Phi) is 6.21. The summed E-state index contributed by atoms with van der Waals surface area (Å²) in [4.78, 5) is 47.5. The fourth-order valence-corrected chi connectivity index (χ4v) is 3.92. The van der Waals surface area contributed by atoms with Crippen LogP contribution in [-0.2, 0) is 15.8 Å². The summed E-state index contributed by atoms with van der Waals surface area (Å²) in [5.74, 6) is -3.20. The number of halogens is 3. The minimum Gasteiger partial charge on any atom is -0.507 e. The predicted molar refractivity (Wildman–Crippen MR) is 122 cm³/mol. The molecule has 3 aromatic rings. The van der Waals surface area contributed by atoms with Gasteiger partial charge in [-0.2, -0.15) is 13.2 Å². The van der Waals surface area contributed by atoms with E-state index in [1.54, 1.807) is 0 Å². The van der Waals surface area contributed by atoms with Gasteiger partial charge in [0.15, 0.2) is 0 Å². The van der Waals surface area contributed by atoms with Gasteiger partial charge in [0.1, 0.15) is 5.76 Å². The first kappa shape index (κ1) is 25.0. The van der Waals surface area contributed by atoms with Crippen molar-refractivity contribution in [3.8, 4) is 0 Å². The number of anilines is 1. The highest BCUT2D eigenvalue weighted by Crippen LogP contribution is 2.43. The largest absolute Gasteiger partial charge is 0.507 e. The van der Waals surface area contributed by atoms with Crippen molar-refractivity contribution in [3.63, 3.8) is 0 Å². The highest BCUT2D eigenvalue weighted by atomic mass is 19.4. The standard InChI is InChI=1S/C24H14F3N3O7/c25-24(26,27)15-2-1-3-18(12-15)28-20(13-4-8-16(9-5-13)29(34)35)19(22(32)23(28)33)21(31)14-6-10-17(11-7-14)30(36)37/h1-12,20,31H/b21-19+/t20-/m0/s1. The zero-order valence-corrected chi connectivity index (χ0v) is 18.4. The molecule has 0 saturated carbocycles. The normalized spacial score (nSPS) is 17.2. The topological polar surface area (TPSA) is 144 Å². The molecule has 1 aliphatic rings. The van der Waals surface area contributed by atoms with Crippen LogP contribution < -0.4 is 4.90 Å². The maximum atomic E-state index is 13.4. The predicted octanol–water partition coefficient (Wildman–Crippen LogP) is 5.15. The number of aliphatic hydroxyl groups is 1. The molecular formula is C24H14F3N3O7. The average molecular weight is 513 g/mol. The van der Waals surface area contributed by atoms with Crippen LogP contribution in [0.4, 0.5) is 30.2 Å². The number of Topliss-reactive ketones (excluding diaryl/α,β-unsaturated/α-hetero) is 1. The van der Waals surface area contributed by atoms with Crippen molar-refractivity contribution in [1.29, 1.82) is 0 Å². The molecule has 3 aromatic carbocycles. The second-order valence-electron chi connectivity index (χ2n) is 7.87. The minimum absolute atomic E-state index is 0.0699. The Hall–Kier alpha value is -5.07. The monoisotopic (exact) mass is 513 g/mol. The highest BCUT2D eigenvalue weighted by Gasteiger charge is 2.47. The second-order valence-corrected chi connectivity index (χ2v) is 7.87. The third-order valence-electron chi connectivity index (χ3n) is 5.67. The summed E-state index contributed by atoms with van der Waals surface area (Å²) in [7, 11) is 0. The van der Waals surface area contributed by atoms with Crippen LogP contribution in [0.1, 0.15) is 22.7 Å². The zero-order valence-electron chi connectivity index (χ0n) is 18.4. The summed E-state index contributed by atoms with van der Waals surface area (Å²) >= 11 is 0. The molecule has 1 N–H and O–H groups in total. The lowest BCUT2D eigenvalue weighted by Crippen LogP contribution is -2.29. The van der Waals surface area contributed by atoms with Crippen LogP contribution in [0.5, 0.6) is 0 Å². The Morgan fingerprint density at radius 3 is 1.92 bits per heavy atom. The van der Waals surface area contributed by atoms with Gasteiger partial charge >= 0.3 is 6.18 Å². The SMILES string of the molecule is O=C1C(=O)N(c2cccc(C(F)(F)F)c2)[C@@H](c2ccc([N+](=O)[O-])cc2)/C1=C(\O)c1ccc([N+](=O)[O-])cc1. The minimum atomic E-state index is -4.76. The number of nitro benzene ring substituents is 2. The molecule has 0 aromatic heterocycles. The molecule has 4 rings (SSSR count). The molecular weight excluding hydrogens is 499 g/mol. The van der Waals surface area contributed by atoms with E-state index in [2.05, 4.69) is 0 Å². The van der Waals surface area contributed by atoms with Crippen molar-refractivity contribution >= 4 is 34.5 Å². The second kappa shape index (κ2) is 9.18. The van der Waals surface area contributed by atoms with Crippen molar-refractivity contribution in [1.82, 2.24) is 0 Å². The number of nitro groups is 2. The Balaban J connectivity index is 1.93. The fourth-order valence-electron chi connectivity index (χ4n) is 3.92. The summed E-state index contributed by atoms with van der Waals surface area (Å²) in [6.45, 7) is 0. The molecule has 0 aliphatic carbocycles. The first-order valence-electron chi connectivity index (χ1n) is 10.4. The van der Waals surface area contributed by atoms with Crippen LogP contribution in [0, 0.1) is 20.2 Å². The third kappa shape index (κ3) is 4.61. The summed E-state index contributed by atoms with van der Waals surface area (Å²) in [5, 5.41) is 33.0. The van der Waals surface area contributed by atoms with E-state index in [1.807, 2.05) is 0 Å². The molecule has 37 heavy (non-hydrogen) atoms. The third-order valence-corrected chi connectivity index (χ3v) is 5.67. The molecule has 0 radical (unpaired) electrons. The summed E-state index contributed by atoms with van der Waals surface area (Å²) in [6, 6.07) is 11.1. The smallest absolute Gasteiger partial charge is 0.416 e. The van der Waals surface area contributed by atoms with Crippen LogP contribution in [-0.4, -0.2) is 26.6 Å². The number of hydrogen-bond donors (Lipinski definition) is 1. The van der Waals surface area contributed by atoms with E-state index >= 15 is 0 Å². The van der Waals surface area contributed by atoms with Gasteiger partial charge in [0.05, 0.1) is 27.0 Å². The van der Waals surface area contributed by atoms with Crippen LogP contribution in [0.3, 0.4) is 0 Å². The number of hydrogen-bond acceptors (Lipinski definition) is 7. The lowest BCUT2D eigenvalue weighted by atomic mass is 9.95. The van der Waals surface area contributed by atoms with Gasteiger partial charge in [0, 0.05) is 35.5 Å². The van der Waals surface area contributed by atoms with E-state index in [4.69, 9.17) is 0 Å². The van der Waals surface area contributed by atoms with E-state index in [0.29, 0.717) is 6.07 Å². The Morgan fingerprint density at radius 2 is 1.41 bits per heavy atom. The van der Waals surface area contributed by atoms with Gasteiger partial charge in [-0.25, -0.2) is 0 Å². The molecule has 1 aliphatic heterocycles. The van der Waals surface area contributed by atoms with E-state index in [-0.39, 0.29) is 28.2 Å². The number of nitrogens with zero attached hydrogens (tertiary/aromatic N) is 3. The lowest BCUT2D eigenvalue weighted by molar-refractivity contribution is -0.385. The van der Waals surface area contributed by atoms with Crippen LogP contribution >= 0.6 is 0 Å². The number of alkyl halides is 3. The van der Waals surface area contributed by atoms with Crippen molar-refractivity contribution < 1.29 is 37.7 Å². The van der Waals surface area contributed by atoms with E-state index in [0.717, 1.165) is 53.4 Å². The summed E-state index contributed by atoms with van der Waals surface area (Å²) in [6.07, 6.45) is -4.76. The quantitative estimate of drug-likeness (QED) is 0.163. The van der Waals surface area contributed by atoms with Crippen molar-refractivity contribution in [2.24, 2.45) is 0 Å². The number of non-ortho nitro benzene ring substituents is 2. The molecule has 0 spiro atoms. The first-order valence-corrected chi connectivity index (χ1v) is 10.4. The van der Waals surface area contributed by atoms with Gasteiger partial charge in [-0.15, -0.1) is 0 Å². The fraction of sp³-hybridized carbons (Fsp3) is 0.0833. The van der Waals surface area contributed by atoms with Crippen molar-refractivity contribution in [3.05, 3.63) is 115 Å². The first-order chi connectivity index (χ1) is 17.4. The molecule has 0 bridgehead atoms. The van der Waals surface area contributed by atoms with Gasteiger partial charge in [-0.05, 0) is 48.0 Å². The highest BCUT2D eigenvalue weighted by molar-refractivity contribution is 6.51. The summed E-state index contributed by atoms with van der Waals surface area (Å²) < 4.78 is 40.1. The number of carbonyl (C=O) groups excluding carboxylic acids is 2. The molecule has 10 nitrogen and oxygen atoms in total. The molecule has 1 heterocycles. The lowest BCUT2D eigenvalue weighted by Gasteiger charge is -2.26. The number of rotatable bonds is 5. The van der Waals surface area contributed by atoms with Gasteiger partial charge in [0.2, 0.25) is 0 Å². The van der Waals surface area contributed by atoms with Crippen LogP contribution in [0.15, 0.2) is 78.4 Å².